The van der Waals surface area contributed by atoms with Gasteiger partial charge in [0.25, 0.3) is 5.91 Å². The summed E-state index contributed by atoms with van der Waals surface area (Å²) in [5.41, 5.74) is 0.976. The number of ether oxygens (including phenoxy) is 3. The van der Waals surface area contributed by atoms with Gasteiger partial charge in [0.2, 0.25) is 11.7 Å². The molecule has 1 aliphatic heterocycles. The van der Waals surface area contributed by atoms with E-state index < -0.39 is 0 Å². The van der Waals surface area contributed by atoms with Crippen molar-refractivity contribution in [2.24, 2.45) is 0 Å². The van der Waals surface area contributed by atoms with Gasteiger partial charge >= 0.3 is 0 Å². The molecule has 2 N–H and O–H groups in total. The van der Waals surface area contributed by atoms with Crippen LogP contribution in [-0.4, -0.2) is 62.7 Å². The molecule has 0 spiro atoms. The normalized spacial score (nSPS) is 13.1. The quantitative estimate of drug-likeness (QED) is 0.561. The summed E-state index contributed by atoms with van der Waals surface area (Å²) in [5.74, 6) is 1.95. The Morgan fingerprint density at radius 1 is 1.13 bits per heavy atom. The third-order valence-electron chi connectivity index (χ3n) is 4.98. The van der Waals surface area contributed by atoms with Gasteiger partial charge in [-0.15, -0.1) is 0 Å². The Labute approximate surface area is 181 Å². The highest BCUT2D eigenvalue weighted by molar-refractivity contribution is 5.92. The Bertz CT molecular complexity index is 909. The largest absolute Gasteiger partial charge is 0.493 e. The summed E-state index contributed by atoms with van der Waals surface area (Å²) in [4.78, 5) is 30.3. The number of amides is 2. The minimum Gasteiger partial charge on any atom is -0.493 e. The van der Waals surface area contributed by atoms with Crippen LogP contribution in [0.3, 0.4) is 0 Å². The number of carbonyl (C=O) groups excluding carboxylic acids is 2. The number of likely N-dealkylation sites (tertiary alicyclic amines) is 1. The number of aromatic nitrogens is 1. The smallest absolute Gasteiger partial charge is 0.269 e. The first kappa shape index (κ1) is 22.2. The zero-order valence-corrected chi connectivity index (χ0v) is 18.1. The van der Waals surface area contributed by atoms with Gasteiger partial charge in [-0.2, -0.15) is 0 Å². The molecule has 2 amide bonds. The summed E-state index contributed by atoms with van der Waals surface area (Å²) >= 11 is 0. The van der Waals surface area contributed by atoms with Crippen molar-refractivity contribution in [3.8, 4) is 17.2 Å². The van der Waals surface area contributed by atoms with Crippen molar-refractivity contribution >= 4 is 23.3 Å². The van der Waals surface area contributed by atoms with Crippen molar-refractivity contribution in [2.75, 3.05) is 46.3 Å². The molecule has 9 heteroatoms. The highest BCUT2D eigenvalue weighted by Crippen LogP contribution is 2.40. The molecule has 1 saturated heterocycles. The van der Waals surface area contributed by atoms with E-state index in [-0.39, 0.29) is 11.8 Å². The number of hydrogen-bond donors (Lipinski definition) is 2. The molecule has 166 valence electrons. The second kappa shape index (κ2) is 10.5. The molecule has 1 aliphatic rings. The molecule has 9 nitrogen and oxygen atoms in total. The SMILES string of the molecule is COc1cc(Nc2cccc(C(=O)NCCCN3CCCC3=O)n2)cc(OC)c1OC. The molecule has 31 heavy (non-hydrogen) atoms. The van der Waals surface area contributed by atoms with Crippen molar-refractivity contribution in [2.45, 2.75) is 19.3 Å². The van der Waals surface area contributed by atoms with E-state index in [0.717, 1.165) is 13.0 Å². The molecule has 0 radical (unpaired) electrons. The van der Waals surface area contributed by atoms with Crippen LogP contribution in [0.5, 0.6) is 17.2 Å². The van der Waals surface area contributed by atoms with Crippen LogP contribution in [0, 0.1) is 0 Å². The molecule has 2 aromatic rings. The second-order valence-corrected chi connectivity index (χ2v) is 7.04. The van der Waals surface area contributed by atoms with Crippen molar-refractivity contribution in [3.63, 3.8) is 0 Å². The molecular formula is C22H28N4O5. The van der Waals surface area contributed by atoms with Crippen LogP contribution in [0.2, 0.25) is 0 Å². The van der Waals surface area contributed by atoms with E-state index in [1.807, 2.05) is 4.90 Å². The lowest BCUT2D eigenvalue weighted by Gasteiger charge is -2.15. The maximum atomic E-state index is 12.5. The van der Waals surface area contributed by atoms with Crippen LogP contribution in [0.25, 0.3) is 0 Å². The van der Waals surface area contributed by atoms with E-state index in [1.165, 1.54) is 0 Å². The molecule has 0 saturated carbocycles. The van der Waals surface area contributed by atoms with E-state index in [2.05, 4.69) is 15.6 Å². The van der Waals surface area contributed by atoms with Crippen LogP contribution < -0.4 is 24.8 Å². The first-order valence-corrected chi connectivity index (χ1v) is 10.2. The van der Waals surface area contributed by atoms with Gasteiger partial charge in [0.1, 0.15) is 11.5 Å². The fourth-order valence-corrected chi connectivity index (χ4v) is 3.43. The highest BCUT2D eigenvalue weighted by atomic mass is 16.5. The van der Waals surface area contributed by atoms with Gasteiger partial charge in [-0.3, -0.25) is 9.59 Å². The minimum absolute atomic E-state index is 0.193. The number of rotatable bonds is 10. The number of hydrogen-bond acceptors (Lipinski definition) is 7. The Morgan fingerprint density at radius 3 is 2.48 bits per heavy atom. The lowest BCUT2D eigenvalue weighted by molar-refractivity contribution is -0.127. The summed E-state index contributed by atoms with van der Waals surface area (Å²) in [6, 6.07) is 8.69. The van der Waals surface area contributed by atoms with E-state index >= 15 is 0 Å². The third kappa shape index (κ3) is 5.56. The molecule has 1 aromatic carbocycles. The number of pyridine rings is 1. The number of nitrogens with zero attached hydrogens (tertiary/aromatic N) is 2. The van der Waals surface area contributed by atoms with Crippen molar-refractivity contribution in [1.29, 1.82) is 0 Å². The van der Waals surface area contributed by atoms with Crippen LogP contribution in [0.1, 0.15) is 29.8 Å². The number of nitrogens with one attached hydrogen (secondary N) is 2. The van der Waals surface area contributed by atoms with Gasteiger partial charge < -0.3 is 29.7 Å². The molecule has 0 atom stereocenters. The lowest BCUT2D eigenvalue weighted by Crippen LogP contribution is -2.31. The summed E-state index contributed by atoms with van der Waals surface area (Å²) < 4.78 is 16.1. The average molecular weight is 428 g/mol. The molecule has 0 bridgehead atoms. The van der Waals surface area contributed by atoms with Crippen LogP contribution >= 0.6 is 0 Å². The summed E-state index contributed by atoms with van der Waals surface area (Å²) in [7, 11) is 4.63. The van der Waals surface area contributed by atoms with Gasteiger partial charge in [0.15, 0.2) is 11.5 Å². The maximum Gasteiger partial charge on any atom is 0.269 e. The lowest BCUT2D eigenvalue weighted by atomic mass is 10.2. The van der Waals surface area contributed by atoms with Crippen LogP contribution in [-0.2, 0) is 4.79 Å². The molecule has 3 rings (SSSR count). The highest BCUT2D eigenvalue weighted by Gasteiger charge is 2.19. The van der Waals surface area contributed by atoms with E-state index in [0.29, 0.717) is 60.4 Å². The monoisotopic (exact) mass is 428 g/mol. The molecule has 0 aliphatic carbocycles. The fourth-order valence-electron chi connectivity index (χ4n) is 3.43. The Hall–Kier alpha value is -3.49. The summed E-state index contributed by atoms with van der Waals surface area (Å²) in [6.45, 7) is 1.95. The Morgan fingerprint density at radius 2 is 1.87 bits per heavy atom. The topological polar surface area (TPSA) is 102 Å². The zero-order chi connectivity index (χ0) is 22.2. The number of carbonyl (C=O) groups is 2. The third-order valence-corrected chi connectivity index (χ3v) is 4.98. The van der Waals surface area contributed by atoms with Crippen LogP contribution in [0.4, 0.5) is 11.5 Å². The first-order valence-electron chi connectivity index (χ1n) is 10.2. The van der Waals surface area contributed by atoms with E-state index in [9.17, 15) is 9.59 Å². The molecule has 0 unspecified atom stereocenters. The van der Waals surface area contributed by atoms with Gasteiger partial charge in [0.05, 0.1) is 21.3 Å². The molecular weight excluding hydrogens is 400 g/mol. The van der Waals surface area contributed by atoms with Crippen molar-refractivity contribution in [3.05, 3.63) is 36.0 Å². The first-order chi connectivity index (χ1) is 15.0. The predicted octanol–water partition coefficient (Wildman–Crippen LogP) is 2.59. The predicted molar refractivity (Wildman–Crippen MR) is 116 cm³/mol. The van der Waals surface area contributed by atoms with E-state index in [1.54, 1.807) is 51.7 Å². The number of anilines is 2. The van der Waals surface area contributed by atoms with Gasteiger partial charge in [0, 0.05) is 43.9 Å². The van der Waals surface area contributed by atoms with Crippen LogP contribution in [0.15, 0.2) is 30.3 Å². The Balaban J connectivity index is 1.61. The zero-order valence-electron chi connectivity index (χ0n) is 18.1. The number of benzene rings is 1. The summed E-state index contributed by atoms with van der Waals surface area (Å²) in [5, 5.41) is 6.01. The second-order valence-electron chi connectivity index (χ2n) is 7.04. The molecule has 1 fully saturated rings. The van der Waals surface area contributed by atoms with Gasteiger partial charge in [-0.05, 0) is 25.0 Å². The molecule has 1 aromatic heterocycles. The standard InChI is InChI=1S/C22H28N4O5/c1-29-17-13-15(14-18(30-2)21(17)31-3)24-19-8-4-7-16(25-19)22(28)23-10-6-12-26-11-5-9-20(26)27/h4,7-8,13-14H,5-6,9-12H2,1-3H3,(H,23,28)(H,24,25). The van der Waals surface area contributed by atoms with Gasteiger partial charge in [-0.25, -0.2) is 4.98 Å². The molecule has 2 heterocycles. The fraction of sp³-hybridized carbons (Fsp3) is 0.409. The maximum absolute atomic E-state index is 12.5. The number of methoxy groups -OCH3 is 3. The summed E-state index contributed by atoms with van der Waals surface area (Å²) in [6.07, 6.45) is 2.25. The van der Waals surface area contributed by atoms with Crippen molar-refractivity contribution in [1.82, 2.24) is 15.2 Å². The Kier molecular flexibility index (Phi) is 7.53. The average Bonchev–Trinajstić information content (AvgIpc) is 3.20. The van der Waals surface area contributed by atoms with Crippen molar-refractivity contribution < 1.29 is 23.8 Å². The minimum atomic E-state index is -0.263. The van der Waals surface area contributed by atoms with E-state index in [4.69, 9.17) is 14.2 Å². The van der Waals surface area contributed by atoms with Gasteiger partial charge in [-0.1, -0.05) is 6.07 Å².